The van der Waals surface area contributed by atoms with E-state index in [9.17, 15) is 8.42 Å². The third kappa shape index (κ3) is 6.77. The Morgan fingerprint density at radius 2 is 1.89 bits per heavy atom. The van der Waals surface area contributed by atoms with Gasteiger partial charge in [0.2, 0.25) is 10.0 Å². The summed E-state index contributed by atoms with van der Waals surface area (Å²) >= 11 is 0. The van der Waals surface area contributed by atoms with Gasteiger partial charge in [-0.3, -0.25) is 4.99 Å². The minimum Gasteiger partial charge on any atom is -0.370 e. The average molecular weight is 290 g/mol. The summed E-state index contributed by atoms with van der Waals surface area (Å²) in [7, 11) is -3.09. The second-order valence-electron chi connectivity index (χ2n) is 4.79. The Balaban J connectivity index is 2.24. The molecule has 7 heteroatoms. The van der Waals surface area contributed by atoms with E-state index in [1.807, 2.05) is 0 Å². The Labute approximate surface area is 116 Å². The zero-order chi connectivity index (χ0) is 14.1. The van der Waals surface area contributed by atoms with Crippen LogP contribution in [0.4, 0.5) is 0 Å². The maximum atomic E-state index is 11.2. The zero-order valence-electron chi connectivity index (χ0n) is 11.8. The van der Waals surface area contributed by atoms with Gasteiger partial charge in [-0.1, -0.05) is 12.8 Å². The molecule has 0 amide bonds. The molecule has 1 aliphatic heterocycles. The predicted octanol–water partition coefficient (Wildman–Crippen LogP) is 0.507. The molecule has 0 aromatic heterocycles. The van der Waals surface area contributed by atoms with Gasteiger partial charge < -0.3 is 10.6 Å². The van der Waals surface area contributed by atoms with Crippen molar-refractivity contribution in [1.82, 2.24) is 9.62 Å². The Morgan fingerprint density at radius 3 is 2.47 bits per heavy atom. The quantitative estimate of drug-likeness (QED) is 0.424. The van der Waals surface area contributed by atoms with Crippen LogP contribution in [0.1, 0.15) is 39.0 Å². The monoisotopic (exact) mass is 290 g/mol. The van der Waals surface area contributed by atoms with Gasteiger partial charge in [0, 0.05) is 26.2 Å². The maximum Gasteiger partial charge on any atom is 0.211 e. The molecule has 0 aromatic carbocycles. The second-order valence-corrected chi connectivity index (χ2v) is 6.89. The van der Waals surface area contributed by atoms with E-state index >= 15 is 0 Å². The molecular weight excluding hydrogens is 264 g/mol. The first kappa shape index (κ1) is 16.2. The third-order valence-electron chi connectivity index (χ3n) is 3.24. The van der Waals surface area contributed by atoms with E-state index in [1.165, 1.54) is 25.7 Å². The van der Waals surface area contributed by atoms with Crippen molar-refractivity contribution in [3.63, 3.8) is 0 Å². The topological polar surface area (TPSA) is 87.8 Å². The van der Waals surface area contributed by atoms with Crippen LogP contribution in [-0.2, 0) is 10.0 Å². The van der Waals surface area contributed by atoms with E-state index < -0.39 is 10.0 Å². The Kier molecular flexibility index (Phi) is 7.15. The molecule has 0 spiro atoms. The summed E-state index contributed by atoms with van der Waals surface area (Å²) in [6, 6.07) is 0. The molecule has 0 radical (unpaired) electrons. The molecule has 1 aliphatic rings. The smallest absolute Gasteiger partial charge is 0.211 e. The highest BCUT2D eigenvalue weighted by molar-refractivity contribution is 7.89. The summed E-state index contributed by atoms with van der Waals surface area (Å²) in [6.07, 6.45) is 5.55. The number of rotatable bonds is 6. The lowest BCUT2D eigenvalue weighted by Crippen LogP contribution is -2.38. The Morgan fingerprint density at radius 1 is 1.26 bits per heavy atom. The van der Waals surface area contributed by atoms with Gasteiger partial charge in [0.25, 0.3) is 0 Å². The minimum atomic E-state index is -3.09. The molecule has 19 heavy (non-hydrogen) atoms. The van der Waals surface area contributed by atoms with Crippen LogP contribution in [0.25, 0.3) is 0 Å². The fourth-order valence-electron chi connectivity index (χ4n) is 2.00. The SMILES string of the molecule is CCS(=O)(=O)NCCCN=C(N)N1CCCCCC1. The molecule has 0 aliphatic carbocycles. The molecule has 3 N–H and O–H groups in total. The third-order valence-corrected chi connectivity index (χ3v) is 4.64. The average Bonchev–Trinajstić information content (AvgIpc) is 2.67. The van der Waals surface area contributed by atoms with Crippen molar-refractivity contribution < 1.29 is 8.42 Å². The minimum absolute atomic E-state index is 0.117. The lowest BCUT2D eigenvalue weighted by molar-refractivity contribution is 0.428. The van der Waals surface area contributed by atoms with Crippen molar-refractivity contribution >= 4 is 16.0 Å². The first-order valence-corrected chi connectivity index (χ1v) is 8.72. The van der Waals surface area contributed by atoms with Crippen molar-refractivity contribution in [2.45, 2.75) is 39.0 Å². The first-order chi connectivity index (χ1) is 9.05. The number of sulfonamides is 1. The van der Waals surface area contributed by atoms with Gasteiger partial charge in [-0.05, 0) is 26.2 Å². The molecule has 0 atom stereocenters. The summed E-state index contributed by atoms with van der Waals surface area (Å²) < 4.78 is 24.9. The van der Waals surface area contributed by atoms with E-state index in [1.54, 1.807) is 6.92 Å². The van der Waals surface area contributed by atoms with E-state index in [0.29, 0.717) is 25.5 Å². The number of nitrogens with zero attached hydrogens (tertiary/aromatic N) is 2. The number of nitrogens with two attached hydrogens (primary N) is 1. The Bertz CT molecular complexity index is 373. The van der Waals surface area contributed by atoms with Crippen LogP contribution in [0.2, 0.25) is 0 Å². The van der Waals surface area contributed by atoms with E-state index in [0.717, 1.165) is 13.1 Å². The van der Waals surface area contributed by atoms with Crippen LogP contribution >= 0.6 is 0 Å². The number of nitrogens with one attached hydrogen (secondary N) is 1. The van der Waals surface area contributed by atoms with Gasteiger partial charge in [-0.15, -0.1) is 0 Å². The van der Waals surface area contributed by atoms with Crippen LogP contribution in [-0.4, -0.2) is 51.2 Å². The largest absolute Gasteiger partial charge is 0.370 e. The molecule has 1 saturated heterocycles. The van der Waals surface area contributed by atoms with Gasteiger partial charge >= 0.3 is 0 Å². The highest BCUT2D eigenvalue weighted by atomic mass is 32.2. The number of hydrogen-bond donors (Lipinski definition) is 2. The lowest BCUT2D eigenvalue weighted by atomic mass is 10.2. The lowest BCUT2D eigenvalue weighted by Gasteiger charge is -2.21. The summed E-state index contributed by atoms with van der Waals surface area (Å²) in [6.45, 7) is 4.58. The number of aliphatic imine (C=N–C) groups is 1. The molecule has 1 heterocycles. The van der Waals surface area contributed by atoms with Crippen LogP contribution < -0.4 is 10.5 Å². The normalized spacial score (nSPS) is 18.4. The van der Waals surface area contributed by atoms with Gasteiger partial charge in [0.15, 0.2) is 5.96 Å². The molecular formula is C12H26N4O2S. The summed E-state index contributed by atoms with van der Waals surface area (Å²) in [5.74, 6) is 0.715. The molecule has 112 valence electrons. The first-order valence-electron chi connectivity index (χ1n) is 7.07. The molecule has 0 aromatic rings. The van der Waals surface area contributed by atoms with Crippen molar-refractivity contribution in [2.75, 3.05) is 31.9 Å². The molecule has 0 bridgehead atoms. The highest BCUT2D eigenvalue weighted by Crippen LogP contribution is 2.08. The van der Waals surface area contributed by atoms with Crippen LogP contribution in [0.3, 0.4) is 0 Å². The summed E-state index contributed by atoms with van der Waals surface area (Å²) in [5.41, 5.74) is 5.95. The van der Waals surface area contributed by atoms with E-state index in [4.69, 9.17) is 5.73 Å². The Hall–Kier alpha value is -0.820. The predicted molar refractivity (Wildman–Crippen MR) is 78.6 cm³/mol. The van der Waals surface area contributed by atoms with Crippen LogP contribution in [0.15, 0.2) is 4.99 Å². The van der Waals surface area contributed by atoms with Crippen LogP contribution in [0, 0.1) is 0 Å². The second kappa shape index (κ2) is 8.37. The summed E-state index contributed by atoms with van der Waals surface area (Å²) in [5, 5.41) is 0. The summed E-state index contributed by atoms with van der Waals surface area (Å²) in [4.78, 5) is 6.45. The zero-order valence-corrected chi connectivity index (χ0v) is 12.6. The number of likely N-dealkylation sites (tertiary alicyclic amines) is 1. The van der Waals surface area contributed by atoms with Gasteiger partial charge in [0.1, 0.15) is 0 Å². The van der Waals surface area contributed by atoms with Gasteiger partial charge in [-0.25, -0.2) is 13.1 Å². The molecule has 6 nitrogen and oxygen atoms in total. The molecule has 1 rings (SSSR count). The number of guanidine groups is 1. The van der Waals surface area contributed by atoms with Crippen molar-refractivity contribution in [3.8, 4) is 0 Å². The molecule has 1 fully saturated rings. The van der Waals surface area contributed by atoms with E-state index in [-0.39, 0.29) is 5.75 Å². The fraction of sp³-hybridized carbons (Fsp3) is 0.917. The molecule has 0 saturated carbocycles. The molecule has 0 unspecified atom stereocenters. The van der Waals surface area contributed by atoms with Crippen molar-refractivity contribution in [1.29, 1.82) is 0 Å². The van der Waals surface area contributed by atoms with Crippen molar-refractivity contribution in [3.05, 3.63) is 0 Å². The van der Waals surface area contributed by atoms with Gasteiger partial charge in [0.05, 0.1) is 5.75 Å². The van der Waals surface area contributed by atoms with Crippen LogP contribution in [0.5, 0.6) is 0 Å². The standard InChI is InChI=1S/C12H26N4O2S/c1-2-19(17,18)15-9-7-8-14-12(13)16-10-5-3-4-6-11-16/h15H,2-11H2,1H3,(H2,13,14). The van der Waals surface area contributed by atoms with Gasteiger partial charge in [-0.2, -0.15) is 0 Å². The van der Waals surface area contributed by atoms with Crippen molar-refractivity contribution in [2.24, 2.45) is 10.7 Å². The maximum absolute atomic E-state index is 11.2. The fourth-order valence-corrected chi connectivity index (χ4v) is 2.66. The highest BCUT2D eigenvalue weighted by Gasteiger charge is 2.10. The van der Waals surface area contributed by atoms with E-state index in [2.05, 4.69) is 14.6 Å². The number of hydrogen-bond acceptors (Lipinski definition) is 3.